The SMILES string of the molecule is Cn1c(SCc2ccccc2F)nnc1[C@@H](Cc1ccccc1)NC(=O)c1cccc(N2CCCC2=O)c1. The molecule has 0 radical (unpaired) electrons. The van der Waals surface area contributed by atoms with Gasteiger partial charge in [0, 0.05) is 37.0 Å². The summed E-state index contributed by atoms with van der Waals surface area (Å²) < 4.78 is 15.9. The van der Waals surface area contributed by atoms with Gasteiger partial charge in [-0.15, -0.1) is 10.2 Å². The Balaban J connectivity index is 1.37. The van der Waals surface area contributed by atoms with E-state index >= 15 is 0 Å². The molecule has 1 aromatic heterocycles. The van der Waals surface area contributed by atoms with Gasteiger partial charge < -0.3 is 14.8 Å². The molecule has 0 unspecified atom stereocenters. The van der Waals surface area contributed by atoms with Crippen LogP contribution in [0.3, 0.4) is 0 Å². The van der Waals surface area contributed by atoms with Crippen LogP contribution in [0.4, 0.5) is 10.1 Å². The molecule has 4 aromatic rings. The molecule has 0 bridgehead atoms. The van der Waals surface area contributed by atoms with Crippen LogP contribution >= 0.6 is 11.8 Å². The molecule has 2 amide bonds. The van der Waals surface area contributed by atoms with Crippen molar-refractivity contribution in [3.05, 3.63) is 107 Å². The molecule has 7 nitrogen and oxygen atoms in total. The van der Waals surface area contributed by atoms with Gasteiger partial charge in [0.2, 0.25) is 5.91 Å². The van der Waals surface area contributed by atoms with Gasteiger partial charge in [-0.2, -0.15) is 0 Å². The highest BCUT2D eigenvalue weighted by atomic mass is 32.2. The van der Waals surface area contributed by atoms with Crippen LogP contribution in [-0.4, -0.2) is 33.1 Å². The summed E-state index contributed by atoms with van der Waals surface area (Å²) in [6, 6.07) is 23.2. The van der Waals surface area contributed by atoms with E-state index in [1.54, 1.807) is 41.3 Å². The molecule has 1 atom stereocenters. The molecule has 5 rings (SSSR count). The molecule has 3 aromatic carbocycles. The number of benzene rings is 3. The van der Waals surface area contributed by atoms with E-state index in [-0.39, 0.29) is 17.6 Å². The Bertz CT molecular complexity index is 1440. The van der Waals surface area contributed by atoms with Gasteiger partial charge >= 0.3 is 0 Å². The third-order valence-corrected chi connectivity index (χ3v) is 7.65. The number of anilines is 1. The molecule has 0 spiro atoms. The minimum absolute atomic E-state index is 0.0732. The molecule has 38 heavy (non-hydrogen) atoms. The highest BCUT2D eigenvalue weighted by Crippen LogP contribution is 2.27. The zero-order valence-electron chi connectivity index (χ0n) is 21.0. The standard InChI is InChI=1S/C29H28FN5O2S/c1-34-27(32-33-29(34)38-19-22-11-5-6-14-24(22)30)25(17-20-9-3-2-4-10-20)31-28(37)21-12-7-13-23(18-21)35-16-8-15-26(35)36/h2-7,9-14,18,25H,8,15-17,19H2,1H3,(H,31,37)/t25-/m1/s1. The molecule has 1 aliphatic rings. The van der Waals surface area contributed by atoms with Crippen LogP contribution in [0.5, 0.6) is 0 Å². The smallest absolute Gasteiger partial charge is 0.251 e. The van der Waals surface area contributed by atoms with Crippen molar-refractivity contribution >= 4 is 29.3 Å². The number of thioether (sulfide) groups is 1. The molecule has 0 aliphatic carbocycles. The number of nitrogens with one attached hydrogen (secondary N) is 1. The van der Waals surface area contributed by atoms with Crippen molar-refractivity contribution < 1.29 is 14.0 Å². The normalized spacial score (nSPS) is 14.1. The Morgan fingerprint density at radius 1 is 1.05 bits per heavy atom. The Hall–Kier alpha value is -3.98. The van der Waals surface area contributed by atoms with E-state index in [2.05, 4.69) is 15.5 Å². The Morgan fingerprint density at radius 3 is 2.61 bits per heavy atom. The number of carbonyl (C=O) groups is 2. The second-order valence-corrected chi connectivity index (χ2v) is 10.1. The average Bonchev–Trinajstić information content (AvgIpc) is 3.53. The van der Waals surface area contributed by atoms with Crippen LogP contribution in [-0.2, 0) is 24.0 Å². The van der Waals surface area contributed by atoms with Crippen molar-refractivity contribution in [3.8, 4) is 0 Å². The summed E-state index contributed by atoms with van der Waals surface area (Å²) in [4.78, 5) is 27.3. The second kappa shape index (κ2) is 11.6. The number of amides is 2. The molecule has 194 valence electrons. The minimum atomic E-state index is -0.456. The second-order valence-electron chi connectivity index (χ2n) is 9.19. The maximum atomic E-state index is 14.1. The van der Waals surface area contributed by atoms with Gasteiger partial charge in [0.1, 0.15) is 5.82 Å². The van der Waals surface area contributed by atoms with E-state index in [4.69, 9.17) is 0 Å². The first-order chi connectivity index (χ1) is 18.5. The van der Waals surface area contributed by atoms with Crippen LogP contribution in [0.15, 0.2) is 84.0 Å². The van der Waals surface area contributed by atoms with Crippen molar-refractivity contribution in [1.29, 1.82) is 0 Å². The molecular weight excluding hydrogens is 501 g/mol. The van der Waals surface area contributed by atoms with Crippen LogP contribution in [0.2, 0.25) is 0 Å². The van der Waals surface area contributed by atoms with Gasteiger partial charge in [-0.1, -0.05) is 66.4 Å². The highest BCUT2D eigenvalue weighted by molar-refractivity contribution is 7.98. The van der Waals surface area contributed by atoms with E-state index in [9.17, 15) is 14.0 Å². The summed E-state index contributed by atoms with van der Waals surface area (Å²) in [5.41, 5.74) is 2.83. The fourth-order valence-corrected chi connectivity index (χ4v) is 5.45. The van der Waals surface area contributed by atoms with Gasteiger partial charge in [-0.25, -0.2) is 4.39 Å². The van der Waals surface area contributed by atoms with E-state index in [0.29, 0.717) is 47.2 Å². The lowest BCUT2D eigenvalue weighted by molar-refractivity contribution is -0.117. The summed E-state index contributed by atoms with van der Waals surface area (Å²) in [6.07, 6.45) is 1.86. The van der Waals surface area contributed by atoms with Gasteiger partial charge in [0.05, 0.1) is 6.04 Å². The Kier molecular flexibility index (Phi) is 7.83. The third kappa shape index (κ3) is 5.78. The van der Waals surface area contributed by atoms with Crippen LogP contribution < -0.4 is 10.2 Å². The zero-order valence-corrected chi connectivity index (χ0v) is 21.8. The average molecular weight is 530 g/mol. The predicted octanol–water partition coefficient (Wildman–Crippen LogP) is 5.09. The van der Waals surface area contributed by atoms with E-state index in [1.165, 1.54) is 17.8 Å². The van der Waals surface area contributed by atoms with Crippen LogP contribution in [0.1, 0.15) is 46.2 Å². The summed E-state index contributed by atoms with van der Waals surface area (Å²) in [5, 5.41) is 12.5. The number of halogens is 1. The third-order valence-electron chi connectivity index (χ3n) is 6.58. The van der Waals surface area contributed by atoms with Crippen molar-refractivity contribution in [1.82, 2.24) is 20.1 Å². The summed E-state index contributed by atoms with van der Waals surface area (Å²) in [6.45, 7) is 0.660. The van der Waals surface area contributed by atoms with Gasteiger partial charge in [-0.05, 0) is 48.2 Å². The first-order valence-electron chi connectivity index (χ1n) is 12.5. The molecule has 0 saturated carbocycles. The van der Waals surface area contributed by atoms with Crippen molar-refractivity contribution in [3.63, 3.8) is 0 Å². The summed E-state index contributed by atoms with van der Waals surface area (Å²) in [5.74, 6) is 0.571. The molecule has 2 heterocycles. The molecule has 1 N–H and O–H groups in total. The largest absolute Gasteiger partial charge is 0.342 e. The maximum Gasteiger partial charge on any atom is 0.251 e. The molecule has 9 heteroatoms. The van der Waals surface area contributed by atoms with Gasteiger partial charge in [-0.3, -0.25) is 9.59 Å². The van der Waals surface area contributed by atoms with Crippen molar-refractivity contribution in [2.75, 3.05) is 11.4 Å². The number of aromatic nitrogens is 3. The molecule has 1 aliphatic heterocycles. The molecule has 1 fully saturated rings. The molecule has 1 saturated heterocycles. The summed E-state index contributed by atoms with van der Waals surface area (Å²) in [7, 11) is 1.85. The van der Waals surface area contributed by atoms with Crippen molar-refractivity contribution in [2.24, 2.45) is 7.05 Å². The van der Waals surface area contributed by atoms with E-state index in [0.717, 1.165) is 17.7 Å². The predicted molar refractivity (Wildman–Crippen MR) is 145 cm³/mol. The monoisotopic (exact) mass is 529 g/mol. The van der Waals surface area contributed by atoms with Crippen LogP contribution in [0, 0.1) is 5.82 Å². The van der Waals surface area contributed by atoms with Crippen molar-refractivity contribution in [2.45, 2.75) is 36.2 Å². The number of rotatable bonds is 9. The number of nitrogens with zero attached hydrogens (tertiary/aromatic N) is 4. The Morgan fingerprint density at radius 2 is 1.84 bits per heavy atom. The van der Waals surface area contributed by atoms with E-state index in [1.807, 2.05) is 48.0 Å². The molecular formula is C29H28FN5O2S. The fourth-order valence-electron chi connectivity index (χ4n) is 4.55. The minimum Gasteiger partial charge on any atom is -0.342 e. The van der Waals surface area contributed by atoms with Gasteiger partial charge in [0.15, 0.2) is 11.0 Å². The summed E-state index contributed by atoms with van der Waals surface area (Å²) >= 11 is 1.39. The number of hydrogen-bond acceptors (Lipinski definition) is 5. The fraction of sp³-hybridized carbons (Fsp3) is 0.241. The first kappa shape index (κ1) is 25.7. The van der Waals surface area contributed by atoms with E-state index < -0.39 is 6.04 Å². The lowest BCUT2D eigenvalue weighted by Gasteiger charge is -2.20. The quantitative estimate of drug-likeness (QED) is 0.306. The zero-order chi connectivity index (χ0) is 26.5. The maximum absolute atomic E-state index is 14.1. The van der Waals surface area contributed by atoms with Crippen LogP contribution in [0.25, 0.3) is 0 Å². The topological polar surface area (TPSA) is 80.1 Å². The number of carbonyl (C=O) groups excluding carboxylic acids is 2. The number of hydrogen-bond donors (Lipinski definition) is 1. The first-order valence-corrected chi connectivity index (χ1v) is 13.5. The Labute approximate surface area is 225 Å². The lowest BCUT2D eigenvalue weighted by Crippen LogP contribution is -2.32. The lowest BCUT2D eigenvalue weighted by atomic mass is 10.0. The van der Waals surface area contributed by atoms with Gasteiger partial charge in [0.25, 0.3) is 5.91 Å². The highest BCUT2D eigenvalue weighted by Gasteiger charge is 2.25.